The monoisotopic (exact) mass is 206 g/mol. The molecule has 1 aromatic heterocycles. The Bertz CT molecular complexity index is 342. The number of amides is 1. The zero-order valence-electron chi connectivity index (χ0n) is 8.52. The predicted octanol–water partition coefficient (Wildman–Crippen LogP) is 0.176. The molecule has 1 aromatic rings. The summed E-state index contributed by atoms with van der Waals surface area (Å²) in [7, 11) is 0. The molecule has 80 valence electrons. The van der Waals surface area contributed by atoms with Crippen molar-refractivity contribution in [3.8, 4) is 0 Å². The van der Waals surface area contributed by atoms with E-state index in [2.05, 4.69) is 16.9 Å². The lowest BCUT2D eigenvalue weighted by Crippen LogP contribution is -2.26. The summed E-state index contributed by atoms with van der Waals surface area (Å²) in [4.78, 5) is 17.0. The normalized spacial score (nSPS) is 15.9. The lowest BCUT2D eigenvalue weighted by Gasteiger charge is -2.15. The third-order valence-electron chi connectivity index (χ3n) is 2.43. The van der Waals surface area contributed by atoms with E-state index in [1.807, 2.05) is 10.8 Å². The minimum Gasteiger partial charge on any atom is -0.363 e. The van der Waals surface area contributed by atoms with E-state index in [1.54, 1.807) is 17.4 Å². The second kappa shape index (κ2) is 4.16. The summed E-state index contributed by atoms with van der Waals surface area (Å²) in [5, 5.41) is 2.93. The van der Waals surface area contributed by atoms with Gasteiger partial charge >= 0.3 is 0 Å². The average molecular weight is 206 g/mol. The highest BCUT2D eigenvalue weighted by atomic mass is 16.2. The number of rotatable bonds is 4. The quantitative estimate of drug-likeness (QED) is 0.764. The van der Waals surface area contributed by atoms with Crippen LogP contribution in [0.1, 0.15) is 6.42 Å². The molecule has 2 rings (SSSR count). The smallest absolute Gasteiger partial charge is 0.247 e. The number of hydrogen-bond donors (Lipinski definition) is 1. The molecular formula is C10H14N4O. The lowest BCUT2D eigenvalue weighted by atomic mass is 10.4. The Balaban J connectivity index is 1.78. The highest BCUT2D eigenvalue weighted by molar-refractivity contribution is 5.82. The first-order valence-electron chi connectivity index (χ1n) is 4.96. The minimum absolute atomic E-state index is 0.102. The molecule has 0 aromatic carbocycles. The van der Waals surface area contributed by atoms with Crippen LogP contribution >= 0.6 is 0 Å². The number of nitrogens with one attached hydrogen (secondary N) is 1. The van der Waals surface area contributed by atoms with Gasteiger partial charge in [-0.3, -0.25) is 9.69 Å². The van der Waals surface area contributed by atoms with Crippen LogP contribution in [0, 0.1) is 0 Å². The molecule has 0 atom stereocenters. The number of aromatic nitrogens is 2. The van der Waals surface area contributed by atoms with Crippen LogP contribution in [0.4, 0.5) is 0 Å². The number of aryl methyl sites for hydroxylation is 1. The van der Waals surface area contributed by atoms with E-state index in [9.17, 15) is 4.79 Å². The van der Waals surface area contributed by atoms with Crippen LogP contribution in [0.15, 0.2) is 31.1 Å². The van der Waals surface area contributed by atoms with Gasteiger partial charge in [0.25, 0.3) is 0 Å². The Morgan fingerprint density at radius 1 is 1.53 bits per heavy atom. The summed E-state index contributed by atoms with van der Waals surface area (Å²) < 4.78 is 2.00. The van der Waals surface area contributed by atoms with Crippen LogP contribution in [-0.2, 0) is 11.3 Å². The Labute approximate surface area is 88.4 Å². The van der Waals surface area contributed by atoms with E-state index >= 15 is 0 Å². The van der Waals surface area contributed by atoms with Gasteiger partial charge in [0.1, 0.15) is 5.82 Å². The maximum absolute atomic E-state index is 11.4. The average Bonchev–Trinajstić information content (AvgIpc) is 2.82. The zero-order chi connectivity index (χ0) is 10.7. The Morgan fingerprint density at radius 3 is 3.00 bits per heavy atom. The molecule has 0 saturated carbocycles. The van der Waals surface area contributed by atoms with Crippen molar-refractivity contribution in [1.29, 1.82) is 0 Å². The summed E-state index contributed by atoms with van der Waals surface area (Å²) >= 11 is 0. The van der Waals surface area contributed by atoms with Crippen molar-refractivity contribution in [1.82, 2.24) is 19.8 Å². The molecule has 15 heavy (non-hydrogen) atoms. The van der Waals surface area contributed by atoms with E-state index in [1.165, 1.54) is 0 Å². The lowest BCUT2D eigenvalue weighted by molar-refractivity contribution is -0.125. The molecule has 2 heterocycles. The highest BCUT2D eigenvalue weighted by Gasteiger charge is 2.22. The first-order valence-corrected chi connectivity index (χ1v) is 4.96. The highest BCUT2D eigenvalue weighted by Crippen LogP contribution is 2.07. The second-order valence-electron chi connectivity index (χ2n) is 3.50. The Kier molecular flexibility index (Phi) is 2.71. The number of hydrogen-bond acceptors (Lipinski definition) is 3. The molecule has 0 radical (unpaired) electrons. The molecule has 1 aliphatic rings. The molecule has 0 spiro atoms. The van der Waals surface area contributed by atoms with E-state index in [0.29, 0.717) is 18.9 Å². The summed E-state index contributed by atoms with van der Waals surface area (Å²) in [6, 6.07) is 0. The van der Waals surface area contributed by atoms with Crippen LogP contribution in [0.5, 0.6) is 0 Å². The molecule has 5 heteroatoms. The number of carbonyl (C=O) groups is 1. The topological polar surface area (TPSA) is 50.2 Å². The van der Waals surface area contributed by atoms with Gasteiger partial charge in [0.2, 0.25) is 5.91 Å². The van der Waals surface area contributed by atoms with Crippen molar-refractivity contribution in [2.24, 2.45) is 0 Å². The fourth-order valence-corrected chi connectivity index (χ4v) is 1.61. The summed E-state index contributed by atoms with van der Waals surface area (Å²) in [6.07, 6.45) is 6.35. The van der Waals surface area contributed by atoms with Gasteiger partial charge in [0.15, 0.2) is 0 Å². The van der Waals surface area contributed by atoms with Gasteiger partial charge in [0, 0.05) is 25.5 Å². The zero-order valence-corrected chi connectivity index (χ0v) is 8.52. The van der Waals surface area contributed by atoms with Crippen molar-refractivity contribution in [2.45, 2.75) is 13.0 Å². The van der Waals surface area contributed by atoms with Crippen molar-refractivity contribution in [2.75, 3.05) is 13.1 Å². The molecule has 1 amide bonds. The number of nitrogens with zero attached hydrogens (tertiary/aromatic N) is 3. The van der Waals surface area contributed by atoms with Gasteiger partial charge in [-0.2, -0.15) is 0 Å². The molecule has 0 aliphatic carbocycles. The van der Waals surface area contributed by atoms with Crippen LogP contribution < -0.4 is 5.32 Å². The molecule has 0 bridgehead atoms. The second-order valence-corrected chi connectivity index (χ2v) is 3.50. The fourth-order valence-electron chi connectivity index (χ4n) is 1.61. The van der Waals surface area contributed by atoms with Gasteiger partial charge in [-0.05, 0) is 6.42 Å². The van der Waals surface area contributed by atoms with Crippen molar-refractivity contribution >= 4 is 5.91 Å². The van der Waals surface area contributed by atoms with Crippen LogP contribution in [0.25, 0.3) is 0 Å². The van der Waals surface area contributed by atoms with E-state index in [-0.39, 0.29) is 5.91 Å². The Morgan fingerprint density at radius 2 is 2.40 bits per heavy atom. The largest absolute Gasteiger partial charge is 0.363 e. The molecule has 0 unspecified atom stereocenters. The van der Waals surface area contributed by atoms with Crippen molar-refractivity contribution in [3.05, 3.63) is 31.1 Å². The van der Waals surface area contributed by atoms with Gasteiger partial charge in [-0.15, -0.1) is 0 Å². The predicted molar refractivity (Wildman–Crippen MR) is 55.7 cm³/mol. The third-order valence-corrected chi connectivity index (χ3v) is 2.43. The van der Waals surface area contributed by atoms with E-state index in [4.69, 9.17) is 0 Å². The van der Waals surface area contributed by atoms with Crippen LogP contribution in [0.3, 0.4) is 0 Å². The van der Waals surface area contributed by atoms with Crippen LogP contribution in [0.2, 0.25) is 0 Å². The first kappa shape index (κ1) is 9.76. The van der Waals surface area contributed by atoms with E-state index in [0.717, 1.165) is 13.0 Å². The molecule has 5 nitrogen and oxygen atoms in total. The summed E-state index contributed by atoms with van der Waals surface area (Å²) in [5.41, 5.74) is 0. The molecular weight excluding hydrogens is 192 g/mol. The SMILES string of the molecule is C=C1NCC(=O)N1CCCn1ccnc1. The minimum atomic E-state index is 0.102. The molecule has 1 aliphatic heterocycles. The maximum Gasteiger partial charge on any atom is 0.247 e. The maximum atomic E-state index is 11.4. The molecule has 1 saturated heterocycles. The fraction of sp³-hybridized carbons (Fsp3) is 0.400. The molecule has 1 fully saturated rings. The number of carbonyl (C=O) groups excluding carboxylic acids is 1. The van der Waals surface area contributed by atoms with Crippen LogP contribution in [-0.4, -0.2) is 33.4 Å². The van der Waals surface area contributed by atoms with E-state index < -0.39 is 0 Å². The van der Waals surface area contributed by atoms with Gasteiger partial charge in [-0.1, -0.05) is 6.58 Å². The standard InChI is InChI=1S/C10H14N4O/c1-9-12-7-10(15)14(9)5-2-4-13-6-3-11-8-13/h3,6,8,12H,1-2,4-5,7H2. The Hall–Kier alpha value is -1.78. The van der Waals surface area contributed by atoms with Gasteiger partial charge < -0.3 is 9.88 Å². The first-order chi connectivity index (χ1) is 7.27. The van der Waals surface area contributed by atoms with Crippen molar-refractivity contribution < 1.29 is 4.79 Å². The molecule has 1 N–H and O–H groups in total. The summed E-state index contributed by atoms with van der Waals surface area (Å²) in [6.45, 7) is 5.74. The third kappa shape index (κ3) is 2.18. The summed E-state index contributed by atoms with van der Waals surface area (Å²) in [5.74, 6) is 0.816. The van der Waals surface area contributed by atoms with Gasteiger partial charge in [0.05, 0.1) is 12.9 Å². The van der Waals surface area contributed by atoms with Crippen molar-refractivity contribution in [3.63, 3.8) is 0 Å². The number of imidazole rings is 1. The van der Waals surface area contributed by atoms with Gasteiger partial charge in [-0.25, -0.2) is 4.98 Å².